The first-order chi connectivity index (χ1) is 14.7. The zero-order chi connectivity index (χ0) is 20.7. The van der Waals surface area contributed by atoms with Gasteiger partial charge >= 0.3 is 0 Å². The lowest BCUT2D eigenvalue weighted by Gasteiger charge is -2.33. The lowest BCUT2D eigenvalue weighted by atomic mass is 10.0. The van der Waals surface area contributed by atoms with Crippen molar-refractivity contribution in [3.8, 4) is 11.5 Å². The maximum absolute atomic E-state index is 10.9. The number of ether oxygens (including phenoxy) is 1. The zero-order valence-corrected chi connectivity index (χ0v) is 16.9. The number of nitrogens with zero attached hydrogens (tertiary/aromatic N) is 4. The van der Waals surface area contributed by atoms with Crippen LogP contribution in [-0.4, -0.2) is 48.3 Å². The lowest BCUT2D eigenvalue weighted by molar-refractivity contribution is 0.183. The minimum absolute atomic E-state index is 0.0768. The van der Waals surface area contributed by atoms with Gasteiger partial charge < -0.3 is 19.6 Å². The number of azo groups is 1. The van der Waals surface area contributed by atoms with Crippen LogP contribution < -0.4 is 10.1 Å². The third-order valence-electron chi connectivity index (χ3n) is 5.78. The van der Waals surface area contributed by atoms with Crippen molar-refractivity contribution in [2.24, 2.45) is 10.2 Å². The number of aromatic hydroxyl groups is 1. The molecule has 5 rings (SSSR count). The molecule has 2 N–H and O–H groups in total. The van der Waals surface area contributed by atoms with Crippen LogP contribution in [-0.2, 0) is 0 Å². The number of benzene rings is 1. The predicted octanol–water partition coefficient (Wildman–Crippen LogP) is 4.10. The van der Waals surface area contributed by atoms with E-state index in [2.05, 4.69) is 32.4 Å². The monoisotopic (exact) mass is 405 g/mol. The van der Waals surface area contributed by atoms with E-state index in [1.165, 1.54) is 0 Å². The summed E-state index contributed by atoms with van der Waals surface area (Å²) >= 11 is 0. The summed E-state index contributed by atoms with van der Waals surface area (Å²) < 4.78 is 11.8. The van der Waals surface area contributed by atoms with Crippen LogP contribution in [0.5, 0.6) is 11.5 Å². The number of methoxy groups -OCH3 is 1. The van der Waals surface area contributed by atoms with E-state index < -0.39 is 0 Å². The molecule has 0 spiro atoms. The molecular weight excluding hydrogens is 382 g/mol. The van der Waals surface area contributed by atoms with Crippen LogP contribution >= 0.6 is 0 Å². The van der Waals surface area contributed by atoms with Crippen LogP contribution in [0.4, 0.5) is 5.82 Å². The summed E-state index contributed by atoms with van der Waals surface area (Å²) in [6, 6.07) is 7.52. The van der Waals surface area contributed by atoms with Crippen molar-refractivity contribution in [3.63, 3.8) is 0 Å². The Morgan fingerprint density at radius 2 is 2.07 bits per heavy atom. The van der Waals surface area contributed by atoms with Crippen molar-refractivity contribution >= 4 is 28.6 Å². The number of hydrogen-bond acceptors (Lipinski definition) is 8. The molecule has 0 bridgehead atoms. The second kappa shape index (κ2) is 7.55. The Labute approximate surface area is 173 Å². The van der Waals surface area contributed by atoms with Crippen molar-refractivity contribution in [1.82, 2.24) is 15.2 Å². The SMILES string of the molecule is COc1ccc2c(O)c(/C=C3\N=Nc4ncccc43)oc2c1C(C)N1CCNCC1. The summed E-state index contributed by atoms with van der Waals surface area (Å²) in [6.07, 6.45) is 3.38. The van der Waals surface area contributed by atoms with Gasteiger partial charge in [-0.05, 0) is 31.2 Å². The molecule has 0 aliphatic carbocycles. The number of hydrogen-bond donors (Lipinski definition) is 2. The molecule has 154 valence electrons. The summed E-state index contributed by atoms with van der Waals surface area (Å²) in [4.78, 5) is 6.59. The lowest BCUT2D eigenvalue weighted by Crippen LogP contribution is -2.44. The Bertz CT molecular complexity index is 1160. The Morgan fingerprint density at radius 3 is 2.87 bits per heavy atom. The van der Waals surface area contributed by atoms with Gasteiger partial charge in [0.1, 0.15) is 17.0 Å². The summed E-state index contributed by atoms with van der Waals surface area (Å²) in [6.45, 7) is 5.92. The molecular formula is C22H23N5O3. The third-order valence-corrected chi connectivity index (χ3v) is 5.78. The molecule has 0 radical (unpaired) electrons. The minimum atomic E-state index is 0.0768. The van der Waals surface area contributed by atoms with E-state index in [1.54, 1.807) is 19.4 Å². The van der Waals surface area contributed by atoms with E-state index >= 15 is 0 Å². The van der Waals surface area contributed by atoms with Crippen LogP contribution in [0.15, 0.2) is 45.1 Å². The summed E-state index contributed by atoms with van der Waals surface area (Å²) in [5, 5.41) is 23.2. The topological polar surface area (TPSA) is 95.5 Å². The first kappa shape index (κ1) is 18.8. The normalized spacial score (nSPS) is 18.8. The molecule has 1 atom stereocenters. The average molecular weight is 405 g/mol. The van der Waals surface area contributed by atoms with Crippen LogP contribution in [0.2, 0.25) is 0 Å². The molecule has 4 heterocycles. The molecule has 1 aromatic carbocycles. The molecule has 2 aliphatic heterocycles. The standard InChI is InChI=1S/C22H23N5O3/c1-13(27-10-8-23-9-11-27)19-17(29-2)6-5-15-20(28)18(30-21(15)19)12-16-14-4-3-7-24-22(14)26-25-16/h3-7,12-13,23,28H,8-11H2,1-2H3/b16-12-. The van der Waals surface area contributed by atoms with E-state index in [0.29, 0.717) is 28.2 Å². The van der Waals surface area contributed by atoms with Gasteiger partial charge in [-0.15, -0.1) is 10.2 Å². The van der Waals surface area contributed by atoms with Crippen LogP contribution in [0.3, 0.4) is 0 Å². The maximum atomic E-state index is 10.9. The fourth-order valence-corrected chi connectivity index (χ4v) is 4.15. The zero-order valence-electron chi connectivity index (χ0n) is 16.9. The Balaban J connectivity index is 1.62. The van der Waals surface area contributed by atoms with Crippen molar-refractivity contribution in [2.75, 3.05) is 33.3 Å². The molecule has 2 aromatic heterocycles. The van der Waals surface area contributed by atoms with Gasteiger partial charge in [-0.1, -0.05) is 0 Å². The summed E-state index contributed by atoms with van der Waals surface area (Å²) in [5.74, 6) is 1.74. The van der Waals surface area contributed by atoms with Gasteiger partial charge in [0.15, 0.2) is 17.3 Å². The highest BCUT2D eigenvalue weighted by Crippen LogP contribution is 2.44. The Morgan fingerprint density at radius 1 is 1.23 bits per heavy atom. The van der Waals surface area contributed by atoms with E-state index in [9.17, 15) is 5.11 Å². The van der Waals surface area contributed by atoms with Crippen molar-refractivity contribution in [3.05, 3.63) is 47.3 Å². The molecule has 3 aromatic rings. The molecule has 8 heteroatoms. The minimum Gasteiger partial charge on any atom is -0.504 e. The predicted molar refractivity (Wildman–Crippen MR) is 114 cm³/mol. The molecule has 0 amide bonds. The number of nitrogens with one attached hydrogen (secondary N) is 1. The van der Waals surface area contributed by atoms with Gasteiger partial charge in [-0.25, -0.2) is 4.98 Å². The number of fused-ring (bicyclic) bond motifs is 2. The largest absolute Gasteiger partial charge is 0.504 e. The number of furan rings is 1. The van der Waals surface area contributed by atoms with Crippen molar-refractivity contribution in [2.45, 2.75) is 13.0 Å². The maximum Gasteiger partial charge on any atom is 0.183 e. The van der Waals surface area contributed by atoms with Crippen molar-refractivity contribution in [1.29, 1.82) is 0 Å². The highest BCUT2D eigenvalue weighted by Gasteiger charge is 2.27. The van der Waals surface area contributed by atoms with Crippen LogP contribution in [0, 0.1) is 0 Å². The fraction of sp³-hybridized carbons (Fsp3) is 0.318. The highest BCUT2D eigenvalue weighted by molar-refractivity contribution is 5.95. The van der Waals surface area contributed by atoms with E-state index in [0.717, 1.165) is 43.1 Å². The molecule has 30 heavy (non-hydrogen) atoms. The van der Waals surface area contributed by atoms with Gasteiger partial charge in [0.2, 0.25) is 0 Å². The molecule has 8 nitrogen and oxygen atoms in total. The van der Waals surface area contributed by atoms with Crippen LogP contribution in [0.25, 0.3) is 22.7 Å². The summed E-state index contributed by atoms with van der Waals surface area (Å²) in [5.41, 5.74) is 2.98. The first-order valence-corrected chi connectivity index (χ1v) is 10.0. The van der Waals surface area contributed by atoms with Crippen LogP contribution in [0.1, 0.15) is 29.9 Å². The van der Waals surface area contributed by atoms with E-state index in [-0.39, 0.29) is 11.8 Å². The highest BCUT2D eigenvalue weighted by atomic mass is 16.5. The second-order valence-corrected chi connectivity index (χ2v) is 7.44. The Hall–Kier alpha value is -3.23. The second-order valence-electron chi connectivity index (χ2n) is 7.44. The molecule has 0 saturated carbocycles. The number of aromatic nitrogens is 1. The van der Waals surface area contributed by atoms with Gasteiger partial charge in [-0.3, -0.25) is 4.90 Å². The van der Waals surface area contributed by atoms with Gasteiger partial charge in [0.25, 0.3) is 0 Å². The first-order valence-electron chi connectivity index (χ1n) is 10.0. The molecule has 2 aliphatic rings. The van der Waals surface area contributed by atoms with E-state index in [1.807, 2.05) is 24.3 Å². The quantitative estimate of drug-likeness (QED) is 0.678. The van der Waals surface area contributed by atoms with Crippen molar-refractivity contribution < 1.29 is 14.3 Å². The summed E-state index contributed by atoms with van der Waals surface area (Å²) in [7, 11) is 1.66. The third kappa shape index (κ3) is 3.05. The van der Waals surface area contributed by atoms with Gasteiger partial charge in [-0.2, -0.15) is 0 Å². The number of rotatable bonds is 4. The average Bonchev–Trinajstić information content (AvgIpc) is 3.34. The van der Waals surface area contributed by atoms with Gasteiger partial charge in [0.05, 0.1) is 18.1 Å². The van der Waals surface area contributed by atoms with E-state index in [4.69, 9.17) is 9.15 Å². The number of piperazine rings is 1. The molecule has 1 fully saturated rings. The van der Waals surface area contributed by atoms with Gasteiger partial charge in [0, 0.05) is 50.1 Å². The number of pyridine rings is 1. The molecule has 1 unspecified atom stereocenters. The molecule has 1 saturated heterocycles. The Kier molecular flexibility index (Phi) is 4.72. The fourth-order valence-electron chi connectivity index (χ4n) is 4.15. The smallest absolute Gasteiger partial charge is 0.183 e.